The molecule has 2 atom stereocenters. The van der Waals surface area contributed by atoms with Gasteiger partial charge in [-0.3, -0.25) is 9.59 Å². The number of hydrogen-bond donors (Lipinski definition) is 1. The van der Waals surface area contributed by atoms with Gasteiger partial charge in [0.25, 0.3) is 6.29 Å². The maximum absolute atomic E-state index is 12.9. The Labute approximate surface area is 495 Å². The molecule has 0 saturated heterocycles. The zero-order valence-corrected chi connectivity index (χ0v) is 51.9. The SMILES string of the molecule is CC/C=C\C/C=C\C/C=C\C/C=C\C/C=C\C/C=C\C/C=C\C/C=C\C/C=C\C/C=C\C/C=C\CCCCCC(=O)OC(COC(=O)CCCCCCCCCCC/C=C\C/C=C\CCCCC)COC(OCC[N+](C)(C)C)C(=O)O. The number of carboxylic acids is 1. The third-order valence-electron chi connectivity index (χ3n) is 12.8. The molecular formula is C72H116NO8+. The minimum Gasteiger partial charge on any atom is -0.477 e. The van der Waals surface area contributed by atoms with Crippen LogP contribution in [-0.4, -0.2) is 87.4 Å². The number of allylic oxidation sites excluding steroid dienone is 26. The molecule has 9 heteroatoms. The highest BCUT2D eigenvalue weighted by Crippen LogP contribution is 2.14. The quantitative estimate of drug-likeness (QED) is 0.0211. The first-order chi connectivity index (χ1) is 39.6. The number of nitrogens with zero attached hydrogens (tertiary/aromatic N) is 1. The summed E-state index contributed by atoms with van der Waals surface area (Å²) in [7, 11) is 5.94. The molecule has 0 aliphatic rings. The smallest absolute Gasteiger partial charge is 0.361 e. The van der Waals surface area contributed by atoms with Gasteiger partial charge in [-0.15, -0.1) is 0 Å². The van der Waals surface area contributed by atoms with Crippen LogP contribution in [0.5, 0.6) is 0 Å². The van der Waals surface area contributed by atoms with Gasteiger partial charge < -0.3 is 28.5 Å². The van der Waals surface area contributed by atoms with Crippen LogP contribution in [0.15, 0.2) is 158 Å². The van der Waals surface area contributed by atoms with E-state index in [-0.39, 0.29) is 38.6 Å². The van der Waals surface area contributed by atoms with Crippen LogP contribution in [0.4, 0.5) is 0 Å². The second-order valence-electron chi connectivity index (χ2n) is 21.6. The van der Waals surface area contributed by atoms with E-state index >= 15 is 0 Å². The molecule has 1 N–H and O–H groups in total. The van der Waals surface area contributed by atoms with Crippen LogP contribution in [-0.2, 0) is 33.3 Å². The Bertz CT molecular complexity index is 1880. The van der Waals surface area contributed by atoms with E-state index in [1.54, 1.807) is 0 Å². The lowest BCUT2D eigenvalue weighted by Gasteiger charge is -2.25. The van der Waals surface area contributed by atoms with Crippen molar-refractivity contribution in [3.63, 3.8) is 0 Å². The van der Waals surface area contributed by atoms with Crippen molar-refractivity contribution >= 4 is 17.9 Å². The number of rotatable bonds is 56. The van der Waals surface area contributed by atoms with Crippen molar-refractivity contribution in [2.75, 3.05) is 47.5 Å². The number of carbonyl (C=O) groups excluding carboxylic acids is 2. The highest BCUT2D eigenvalue weighted by molar-refractivity contribution is 5.71. The zero-order valence-electron chi connectivity index (χ0n) is 51.9. The van der Waals surface area contributed by atoms with E-state index in [0.29, 0.717) is 17.4 Å². The summed E-state index contributed by atoms with van der Waals surface area (Å²) in [6.45, 7) is 4.67. The molecule has 9 nitrogen and oxygen atoms in total. The van der Waals surface area contributed by atoms with Crippen molar-refractivity contribution in [1.29, 1.82) is 0 Å². The third kappa shape index (κ3) is 62.4. The summed E-state index contributed by atoms with van der Waals surface area (Å²) in [5.74, 6) is -2.07. The van der Waals surface area contributed by atoms with Crippen LogP contribution in [0, 0.1) is 0 Å². The van der Waals surface area contributed by atoms with Crippen LogP contribution in [0.25, 0.3) is 0 Å². The lowest BCUT2D eigenvalue weighted by molar-refractivity contribution is -0.870. The van der Waals surface area contributed by atoms with Gasteiger partial charge in [-0.2, -0.15) is 0 Å². The number of esters is 2. The standard InChI is InChI=1S/C72H115NO8/c1-6-8-10-12-14-16-18-20-22-24-26-27-28-29-30-31-32-33-34-35-36-37-38-39-40-41-42-43-45-47-49-51-53-55-57-59-61-63-70(75)81-68(67-80-72(71(76)77)78-65-64-73(3,4)5)66-79-69(74)62-60-58-56-54-52-50-48-46-44-25-23-21-19-17-15-13-11-9-7-2/h8,10,14-17,20-23,26-27,29-30,32-33,35-36,38-39,41-42,45,47,51,53,68,72H,6-7,9,11-13,18-19,24-25,28,31,34,37,40,43-44,46,48-50,52,54-67H2,1-5H3/p+1/b10-8-,16-14-,17-15-,22-20-,23-21-,27-26-,30-29-,33-32-,36-35-,39-38-,42-41-,47-45-,53-51-. The second kappa shape index (κ2) is 61.0. The van der Waals surface area contributed by atoms with Crippen molar-refractivity contribution in [3.8, 4) is 0 Å². The van der Waals surface area contributed by atoms with E-state index < -0.39 is 24.3 Å². The lowest BCUT2D eigenvalue weighted by Crippen LogP contribution is -2.40. The maximum atomic E-state index is 12.9. The number of likely N-dealkylation sites (N-methyl/N-ethyl adjacent to an activating group) is 1. The number of quaternary nitrogens is 1. The topological polar surface area (TPSA) is 108 Å². The fourth-order valence-corrected chi connectivity index (χ4v) is 7.93. The minimum atomic E-state index is -1.53. The van der Waals surface area contributed by atoms with Crippen molar-refractivity contribution < 1.29 is 42.9 Å². The molecule has 0 aromatic rings. The molecule has 81 heavy (non-hydrogen) atoms. The molecule has 0 amide bonds. The fraction of sp³-hybridized carbons (Fsp3) is 0.597. The number of carboxylic acid groups (broad SMARTS) is 1. The molecule has 0 aliphatic heterocycles. The number of aliphatic carboxylic acids is 1. The molecule has 0 rings (SSSR count). The van der Waals surface area contributed by atoms with E-state index in [1.165, 1.54) is 57.8 Å². The largest absolute Gasteiger partial charge is 0.477 e. The molecule has 0 aromatic carbocycles. The summed E-state index contributed by atoms with van der Waals surface area (Å²) in [6, 6.07) is 0. The van der Waals surface area contributed by atoms with Gasteiger partial charge in [0, 0.05) is 12.8 Å². The summed E-state index contributed by atoms with van der Waals surface area (Å²) < 4.78 is 22.8. The predicted molar refractivity (Wildman–Crippen MR) is 345 cm³/mol. The summed E-state index contributed by atoms with van der Waals surface area (Å²) >= 11 is 0. The van der Waals surface area contributed by atoms with Crippen LogP contribution < -0.4 is 0 Å². The Hall–Kier alpha value is -5.09. The predicted octanol–water partition coefficient (Wildman–Crippen LogP) is 19.3. The average Bonchev–Trinajstić information content (AvgIpc) is 3.44. The van der Waals surface area contributed by atoms with E-state index in [9.17, 15) is 19.5 Å². The highest BCUT2D eigenvalue weighted by atomic mass is 16.7. The molecular weight excluding hydrogens is 1010 g/mol. The number of ether oxygens (including phenoxy) is 4. The van der Waals surface area contributed by atoms with Gasteiger partial charge in [-0.05, 0) is 128 Å². The van der Waals surface area contributed by atoms with Crippen LogP contribution in [0.1, 0.15) is 219 Å². The van der Waals surface area contributed by atoms with Gasteiger partial charge in [0.15, 0.2) is 6.10 Å². The molecule has 0 heterocycles. The third-order valence-corrected chi connectivity index (χ3v) is 12.8. The first-order valence-electron chi connectivity index (χ1n) is 31.6. The number of unbranched alkanes of at least 4 members (excludes halogenated alkanes) is 15. The summed E-state index contributed by atoms with van der Waals surface area (Å²) in [4.78, 5) is 37.5. The van der Waals surface area contributed by atoms with Crippen LogP contribution in [0.3, 0.4) is 0 Å². The lowest BCUT2D eigenvalue weighted by atomic mass is 10.1. The minimum absolute atomic E-state index is 0.171. The molecule has 0 aromatic heterocycles. The Morgan fingerprint density at radius 2 is 0.704 bits per heavy atom. The van der Waals surface area contributed by atoms with Crippen molar-refractivity contribution in [2.24, 2.45) is 0 Å². The zero-order chi connectivity index (χ0) is 59.1. The van der Waals surface area contributed by atoms with Crippen molar-refractivity contribution in [1.82, 2.24) is 0 Å². The summed E-state index contributed by atoms with van der Waals surface area (Å²) in [6.07, 6.45) is 87.6. The monoisotopic (exact) mass is 1120 g/mol. The Morgan fingerprint density at radius 3 is 1.06 bits per heavy atom. The van der Waals surface area contributed by atoms with Crippen molar-refractivity contribution in [2.45, 2.75) is 232 Å². The molecule has 0 fully saturated rings. The van der Waals surface area contributed by atoms with E-state index in [0.717, 1.165) is 128 Å². The molecule has 2 unspecified atom stereocenters. The van der Waals surface area contributed by atoms with Gasteiger partial charge >= 0.3 is 17.9 Å². The molecule has 0 spiro atoms. The van der Waals surface area contributed by atoms with Gasteiger partial charge in [-0.25, -0.2) is 4.79 Å². The Balaban J connectivity index is 4.31. The van der Waals surface area contributed by atoms with Gasteiger partial charge in [0.1, 0.15) is 13.2 Å². The van der Waals surface area contributed by atoms with Crippen LogP contribution in [0.2, 0.25) is 0 Å². The van der Waals surface area contributed by atoms with Gasteiger partial charge in [-0.1, -0.05) is 236 Å². The Kier molecular flexibility index (Phi) is 57.2. The first kappa shape index (κ1) is 75.9. The van der Waals surface area contributed by atoms with E-state index in [1.807, 2.05) is 21.1 Å². The second-order valence-corrected chi connectivity index (χ2v) is 21.6. The molecule has 0 saturated carbocycles. The average molecular weight is 1120 g/mol. The van der Waals surface area contributed by atoms with Crippen molar-refractivity contribution in [3.05, 3.63) is 158 Å². The normalized spacial score (nSPS) is 13.8. The highest BCUT2D eigenvalue weighted by Gasteiger charge is 2.25. The van der Waals surface area contributed by atoms with Gasteiger partial charge in [0.2, 0.25) is 0 Å². The first-order valence-corrected chi connectivity index (χ1v) is 31.6. The number of carbonyl (C=O) groups is 3. The van der Waals surface area contributed by atoms with E-state index in [2.05, 4.69) is 172 Å². The summed E-state index contributed by atoms with van der Waals surface area (Å²) in [5.41, 5.74) is 0. The molecule has 0 radical (unpaired) electrons. The summed E-state index contributed by atoms with van der Waals surface area (Å²) in [5, 5.41) is 9.71. The fourth-order valence-electron chi connectivity index (χ4n) is 7.93. The number of hydrogen-bond acceptors (Lipinski definition) is 7. The van der Waals surface area contributed by atoms with Gasteiger partial charge in [0.05, 0.1) is 34.4 Å². The molecule has 0 bridgehead atoms. The Morgan fingerprint density at radius 1 is 0.383 bits per heavy atom. The molecule has 456 valence electrons. The molecule has 0 aliphatic carbocycles. The maximum Gasteiger partial charge on any atom is 0.361 e. The van der Waals surface area contributed by atoms with Crippen LogP contribution >= 0.6 is 0 Å². The van der Waals surface area contributed by atoms with E-state index in [4.69, 9.17) is 18.9 Å².